The standard InChI is InChI=1S/C45H82NO9P/c1-3-5-7-9-11-13-15-17-19-21-22-23-25-27-29-31-33-35-37-44(47)55-42(40-53-56(50,51)54-41-43(46)45(48)49)39-52-38-36-34-32-30-28-26-24-20-18-16-14-12-10-8-6-4-2/h12-15,18-21,42-43H,3-11,16-17,22-41,46H2,1-2H3,(H,48,49)(H,50,51)/b14-12-,15-13-,20-18-,21-19-. The third kappa shape index (κ3) is 40.1. The lowest BCUT2D eigenvalue weighted by Crippen LogP contribution is -2.34. The first-order valence-corrected chi connectivity index (χ1v) is 23.7. The normalized spacial score (nSPS) is 14.4. The molecule has 0 aromatic carbocycles. The summed E-state index contributed by atoms with van der Waals surface area (Å²) in [5.41, 5.74) is 5.35. The largest absolute Gasteiger partial charge is 0.480 e. The number of unbranched alkanes of at least 4 members (excludes halogenated alkanes) is 20. The summed E-state index contributed by atoms with van der Waals surface area (Å²) in [4.78, 5) is 33.5. The second-order valence-electron chi connectivity index (χ2n) is 14.8. The van der Waals surface area contributed by atoms with Crippen LogP contribution >= 0.6 is 7.82 Å². The average Bonchev–Trinajstić information content (AvgIpc) is 3.18. The maximum Gasteiger partial charge on any atom is 0.472 e. The summed E-state index contributed by atoms with van der Waals surface area (Å²) in [5, 5.41) is 8.90. The SMILES string of the molecule is CCCCC/C=C\C/C=C\CCCCCCCCOCC(COP(=O)(O)OCC(N)C(=O)O)OC(=O)CCCCCCCCC/C=C\C/C=C\CCCCCC. The van der Waals surface area contributed by atoms with E-state index in [0.29, 0.717) is 13.0 Å². The van der Waals surface area contributed by atoms with Gasteiger partial charge in [0, 0.05) is 13.0 Å². The van der Waals surface area contributed by atoms with Crippen molar-refractivity contribution in [2.24, 2.45) is 5.73 Å². The molecule has 0 aromatic rings. The van der Waals surface area contributed by atoms with Crippen LogP contribution in [0.2, 0.25) is 0 Å². The number of carbonyl (C=O) groups excluding carboxylic acids is 1. The Morgan fingerprint density at radius 3 is 1.48 bits per heavy atom. The summed E-state index contributed by atoms with van der Waals surface area (Å²) in [6.07, 6.45) is 47.2. The molecule has 0 amide bonds. The van der Waals surface area contributed by atoms with Gasteiger partial charge in [-0.1, -0.05) is 152 Å². The van der Waals surface area contributed by atoms with E-state index in [0.717, 1.165) is 64.2 Å². The molecular weight excluding hydrogens is 729 g/mol. The molecule has 0 heterocycles. The number of allylic oxidation sites excluding steroid dienone is 8. The highest BCUT2D eigenvalue weighted by Crippen LogP contribution is 2.43. The smallest absolute Gasteiger partial charge is 0.472 e. The molecule has 3 unspecified atom stereocenters. The van der Waals surface area contributed by atoms with Gasteiger partial charge in [-0.25, -0.2) is 4.57 Å². The van der Waals surface area contributed by atoms with Crippen molar-refractivity contribution >= 4 is 19.8 Å². The van der Waals surface area contributed by atoms with Crippen LogP contribution in [0.5, 0.6) is 0 Å². The van der Waals surface area contributed by atoms with Crippen molar-refractivity contribution in [2.75, 3.05) is 26.4 Å². The third-order valence-corrected chi connectivity index (χ3v) is 10.3. The van der Waals surface area contributed by atoms with Crippen LogP contribution in [-0.2, 0) is 32.7 Å². The molecular formula is C45H82NO9P. The van der Waals surface area contributed by atoms with E-state index in [1.807, 2.05) is 0 Å². The highest BCUT2D eigenvalue weighted by Gasteiger charge is 2.27. The molecule has 0 saturated carbocycles. The number of hydrogen-bond acceptors (Lipinski definition) is 8. The summed E-state index contributed by atoms with van der Waals surface area (Å²) < 4.78 is 33.3. The van der Waals surface area contributed by atoms with Crippen molar-refractivity contribution in [1.82, 2.24) is 0 Å². The number of esters is 1. The molecule has 0 fully saturated rings. The van der Waals surface area contributed by atoms with Gasteiger partial charge in [-0.2, -0.15) is 0 Å². The number of ether oxygens (including phenoxy) is 2. The van der Waals surface area contributed by atoms with Crippen LogP contribution in [0.1, 0.15) is 187 Å². The van der Waals surface area contributed by atoms with E-state index in [2.05, 4.69) is 62.5 Å². The van der Waals surface area contributed by atoms with Crippen molar-refractivity contribution < 1.29 is 42.7 Å². The molecule has 56 heavy (non-hydrogen) atoms. The van der Waals surface area contributed by atoms with E-state index in [-0.39, 0.29) is 13.0 Å². The molecule has 0 aliphatic heterocycles. The van der Waals surface area contributed by atoms with Crippen LogP contribution in [0.25, 0.3) is 0 Å². The first kappa shape index (κ1) is 53.9. The fourth-order valence-electron chi connectivity index (χ4n) is 5.84. The van der Waals surface area contributed by atoms with Gasteiger partial charge in [-0.3, -0.25) is 18.6 Å². The lowest BCUT2D eigenvalue weighted by Gasteiger charge is -2.20. The number of carboxylic acid groups (broad SMARTS) is 1. The lowest BCUT2D eigenvalue weighted by molar-refractivity contribution is -0.154. The Labute approximate surface area is 341 Å². The van der Waals surface area contributed by atoms with Gasteiger partial charge in [-0.15, -0.1) is 0 Å². The highest BCUT2D eigenvalue weighted by molar-refractivity contribution is 7.47. The molecule has 0 bridgehead atoms. The predicted molar refractivity (Wildman–Crippen MR) is 231 cm³/mol. The molecule has 10 nitrogen and oxygen atoms in total. The Balaban J connectivity index is 4.27. The van der Waals surface area contributed by atoms with Crippen molar-refractivity contribution in [2.45, 2.75) is 199 Å². The minimum atomic E-state index is -4.62. The number of phosphoric ester groups is 1. The molecule has 11 heteroatoms. The van der Waals surface area contributed by atoms with Crippen molar-refractivity contribution in [3.05, 3.63) is 48.6 Å². The van der Waals surface area contributed by atoms with Crippen molar-refractivity contribution in [1.29, 1.82) is 0 Å². The van der Waals surface area contributed by atoms with Crippen molar-refractivity contribution in [3.63, 3.8) is 0 Å². The summed E-state index contributed by atoms with van der Waals surface area (Å²) in [6, 6.07) is -1.48. The van der Waals surface area contributed by atoms with Gasteiger partial charge in [0.25, 0.3) is 0 Å². The summed E-state index contributed by atoms with van der Waals surface area (Å²) in [6.45, 7) is 3.81. The second-order valence-corrected chi connectivity index (χ2v) is 16.3. The number of aliphatic carboxylic acids is 1. The number of phosphoric acid groups is 1. The van der Waals surface area contributed by atoms with Crippen LogP contribution in [0.3, 0.4) is 0 Å². The van der Waals surface area contributed by atoms with Crippen LogP contribution < -0.4 is 5.73 Å². The zero-order valence-corrected chi connectivity index (χ0v) is 36.4. The number of carbonyl (C=O) groups is 2. The number of carboxylic acids is 1. The second kappa shape index (κ2) is 41.1. The first-order chi connectivity index (χ1) is 27.2. The summed E-state index contributed by atoms with van der Waals surface area (Å²) >= 11 is 0. The van der Waals surface area contributed by atoms with E-state index in [9.17, 15) is 19.0 Å². The molecule has 0 aliphatic carbocycles. The van der Waals surface area contributed by atoms with Gasteiger partial charge in [0.15, 0.2) is 0 Å². The maximum absolute atomic E-state index is 12.6. The molecule has 0 rings (SSSR count). The van der Waals surface area contributed by atoms with Gasteiger partial charge >= 0.3 is 19.8 Å². The van der Waals surface area contributed by atoms with Gasteiger partial charge in [0.1, 0.15) is 12.1 Å². The fourth-order valence-corrected chi connectivity index (χ4v) is 6.62. The molecule has 0 aromatic heterocycles. The highest BCUT2D eigenvalue weighted by atomic mass is 31.2. The Hall–Kier alpha value is -2.07. The van der Waals surface area contributed by atoms with E-state index in [1.54, 1.807) is 0 Å². The number of rotatable bonds is 42. The lowest BCUT2D eigenvalue weighted by atomic mass is 10.1. The zero-order valence-electron chi connectivity index (χ0n) is 35.5. The topological polar surface area (TPSA) is 155 Å². The van der Waals surface area contributed by atoms with E-state index in [1.165, 1.54) is 96.3 Å². The molecule has 0 aliphatic rings. The molecule has 326 valence electrons. The quantitative estimate of drug-likeness (QED) is 0.0235. The predicted octanol–water partition coefficient (Wildman–Crippen LogP) is 12.3. The Bertz CT molecular complexity index is 1080. The van der Waals surface area contributed by atoms with E-state index < -0.39 is 45.1 Å². The first-order valence-electron chi connectivity index (χ1n) is 22.2. The van der Waals surface area contributed by atoms with Gasteiger partial charge in [0.05, 0.1) is 19.8 Å². The average molecular weight is 812 g/mol. The van der Waals surface area contributed by atoms with Crippen LogP contribution in [-0.4, -0.2) is 60.5 Å². The molecule has 0 saturated heterocycles. The number of hydrogen-bond donors (Lipinski definition) is 3. The van der Waals surface area contributed by atoms with Crippen LogP contribution in [0, 0.1) is 0 Å². The van der Waals surface area contributed by atoms with Gasteiger partial charge in [0.2, 0.25) is 0 Å². The van der Waals surface area contributed by atoms with Gasteiger partial charge < -0.3 is 25.2 Å². The van der Waals surface area contributed by atoms with Crippen LogP contribution in [0.4, 0.5) is 0 Å². The van der Waals surface area contributed by atoms with E-state index >= 15 is 0 Å². The fraction of sp³-hybridized carbons (Fsp3) is 0.778. The van der Waals surface area contributed by atoms with E-state index in [4.69, 9.17) is 29.4 Å². The third-order valence-electron chi connectivity index (χ3n) is 9.33. The minimum Gasteiger partial charge on any atom is -0.480 e. The Morgan fingerprint density at radius 1 is 0.571 bits per heavy atom. The zero-order chi connectivity index (χ0) is 41.2. The van der Waals surface area contributed by atoms with Crippen molar-refractivity contribution in [3.8, 4) is 0 Å². The number of nitrogens with two attached hydrogens (primary N) is 1. The Kier molecular flexibility index (Phi) is 39.6. The molecule has 3 atom stereocenters. The minimum absolute atomic E-state index is 0.00561. The summed E-state index contributed by atoms with van der Waals surface area (Å²) in [5.74, 6) is -1.79. The summed E-state index contributed by atoms with van der Waals surface area (Å²) in [7, 11) is -4.62. The van der Waals surface area contributed by atoms with Gasteiger partial charge in [-0.05, 0) is 77.0 Å². The molecule has 4 N–H and O–H groups in total. The van der Waals surface area contributed by atoms with Crippen LogP contribution in [0.15, 0.2) is 48.6 Å². The monoisotopic (exact) mass is 812 g/mol. The molecule has 0 spiro atoms. The molecule has 0 radical (unpaired) electrons. The Morgan fingerprint density at radius 2 is 0.982 bits per heavy atom. The maximum atomic E-state index is 12.6.